The van der Waals surface area contributed by atoms with Crippen molar-refractivity contribution >= 4 is 43.5 Å². The maximum Gasteiger partial charge on any atom is 0.264 e. The largest absolute Gasteiger partial charge is 0.357 e. The Kier molecular flexibility index (Phi) is 10.2. The van der Waals surface area contributed by atoms with Gasteiger partial charge in [-0.05, 0) is 72.5 Å². The van der Waals surface area contributed by atoms with Crippen LogP contribution in [0.5, 0.6) is 0 Å². The smallest absolute Gasteiger partial charge is 0.264 e. The van der Waals surface area contributed by atoms with E-state index in [1.807, 2.05) is 74.5 Å². The summed E-state index contributed by atoms with van der Waals surface area (Å²) >= 11 is 3.44. The van der Waals surface area contributed by atoms with Gasteiger partial charge in [-0.2, -0.15) is 0 Å². The first-order valence-corrected chi connectivity index (χ1v) is 15.8. The van der Waals surface area contributed by atoms with Crippen molar-refractivity contribution in [2.24, 2.45) is 0 Å². The maximum atomic E-state index is 14.3. The molecule has 2 amide bonds. The number of aryl methyl sites for hydroxylation is 2. The summed E-state index contributed by atoms with van der Waals surface area (Å²) in [5.74, 6) is -0.840. The SMILES string of the molecule is CNC(=O)[C@@H](Cc1ccccc1)N(Cc1ccc(Br)cc1)C(=O)CN(c1ccc(C)c(C)c1)S(=O)(=O)c1ccccc1. The molecule has 4 aromatic carbocycles. The summed E-state index contributed by atoms with van der Waals surface area (Å²) in [6.07, 6.45) is 0.262. The average Bonchev–Trinajstić information content (AvgIpc) is 3.00. The zero-order valence-corrected chi connectivity index (χ0v) is 26.2. The highest BCUT2D eigenvalue weighted by molar-refractivity contribution is 9.10. The highest BCUT2D eigenvalue weighted by Gasteiger charge is 2.34. The Morgan fingerprint density at radius 1 is 0.810 bits per heavy atom. The number of anilines is 1. The van der Waals surface area contributed by atoms with E-state index >= 15 is 0 Å². The van der Waals surface area contributed by atoms with E-state index in [0.717, 1.165) is 31.0 Å². The molecule has 0 unspecified atom stereocenters. The number of halogens is 1. The van der Waals surface area contributed by atoms with Gasteiger partial charge in [0.05, 0.1) is 10.6 Å². The van der Waals surface area contributed by atoms with Crippen molar-refractivity contribution in [2.75, 3.05) is 17.9 Å². The number of sulfonamides is 1. The minimum Gasteiger partial charge on any atom is -0.357 e. The molecule has 0 aliphatic carbocycles. The van der Waals surface area contributed by atoms with E-state index < -0.39 is 28.5 Å². The second-order valence-corrected chi connectivity index (χ2v) is 12.8. The van der Waals surface area contributed by atoms with Crippen LogP contribution in [0.1, 0.15) is 22.3 Å². The number of benzene rings is 4. The van der Waals surface area contributed by atoms with Crippen LogP contribution >= 0.6 is 15.9 Å². The predicted octanol–water partition coefficient (Wildman–Crippen LogP) is 5.65. The molecule has 0 spiro atoms. The minimum absolute atomic E-state index is 0.0719. The summed E-state index contributed by atoms with van der Waals surface area (Å²) in [5, 5.41) is 2.70. The molecule has 0 aliphatic heterocycles. The minimum atomic E-state index is -4.12. The van der Waals surface area contributed by atoms with Gasteiger partial charge in [-0.3, -0.25) is 13.9 Å². The molecule has 4 aromatic rings. The fraction of sp³-hybridized carbons (Fsp3) is 0.212. The number of amides is 2. The van der Waals surface area contributed by atoms with E-state index in [2.05, 4.69) is 21.2 Å². The van der Waals surface area contributed by atoms with Gasteiger partial charge in [0.1, 0.15) is 12.6 Å². The lowest BCUT2D eigenvalue weighted by molar-refractivity contribution is -0.139. The monoisotopic (exact) mass is 647 g/mol. The first-order valence-electron chi connectivity index (χ1n) is 13.5. The van der Waals surface area contributed by atoms with E-state index in [9.17, 15) is 18.0 Å². The topological polar surface area (TPSA) is 86.8 Å². The number of likely N-dealkylation sites (N-methyl/N-ethyl adjacent to an activating group) is 1. The summed E-state index contributed by atoms with van der Waals surface area (Å²) in [6.45, 7) is 3.47. The molecule has 42 heavy (non-hydrogen) atoms. The lowest BCUT2D eigenvalue weighted by Gasteiger charge is -2.33. The highest BCUT2D eigenvalue weighted by atomic mass is 79.9. The third kappa shape index (κ3) is 7.46. The van der Waals surface area contributed by atoms with Crippen LogP contribution in [0.25, 0.3) is 0 Å². The highest BCUT2D eigenvalue weighted by Crippen LogP contribution is 2.27. The van der Waals surface area contributed by atoms with E-state index in [0.29, 0.717) is 5.69 Å². The first-order chi connectivity index (χ1) is 20.1. The van der Waals surface area contributed by atoms with Crippen molar-refractivity contribution in [3.8, 4) is 0 Å². The normalized spacial score (nSPS) is 11.9. The Hall–Kier alpha value is -3.95. The fourth-order valence-corrected chi connectivity index (χ4v) is 6.33. The number of carbonyl (C=O) groups excluding carboxylic acids is 2. The lowest BCUT2D eigenvalue weighted by Crippen LogP contribution is -2.53. The Balaban J connectivity index is 1.79. The summed E-state index contributed by atoms with van der Waals surface area (Å²) in [5.41, 5.74) is 3.95. The number of carbonyl (C=O) groups is 2. The standard InChI is InChI=1S/C33H34BrN3O4S/c1-24-14-19-29(20-25(24)2)37(42(40,41)30-12-8-5-9-13-30)23-32(38)36(22-27-15-17-28(34)18-16-27)31(33(39)35-3)21-26-10-6-4-7-11-26/h4-20,31H,21-23H2,1-3H3,(H,35,39)/t31-/m1/s1. The van der Waals surface area contributed by atoms with Crippen molar-refractivity contribution in [3.63, 3.8) is 0 Å². The molecule has 0 heterocycles. The number of rotatable bonds is 11. The van der Waals surface area contributed by atoms with E-state index in [1.165, 1.54) is 24.1 Å². The molecule has 0 bridgehead atoms. The molecular formula is C33H34BrN3O4S. The van der Waals surface area contributed by atoms with Crippen LogP contribution in [0.15, 0.2) is 112 Å². The van der Waals surface area contributed by atoms with Gasteiger partial charge in [-0.25, -0.2) is 8.42 Å². The van der Waals surface area contributed by atoms with Crippen LogP contribution in [0.4, 0.5) is 5.69 Å². The molecule has 0 aliphatic rings. The number of hydrogen-bond acceptors (Lipinski definition) is 4. The zero-order chi connectivity index (χ0) is 30.3. The lowest BCUT2D eigenvalue weighted by atomic mass is 10.0. The number of nitrogens with zero attached hydrogens (tertiary/aromatic N) is 2. The molecule has 0 saturated heterocycles. The quantitative estimate of drug-likeness (QED) is 0.228. The Morgan fingerprint density at radius 2 is 1.43 bits per heavy atom. The Morgan fingerprint density at radius 3 is 2.02 bits per heavy atom. The molecule has 1 atom stereocenters. The van der Waals surface area contributed by atoms with Gasteiger partial charge in [-0.15, -0.1) is 0 Å². The first kappa shape index (κ1) is 31.0. The Bertz CT molecular complexity index is 1630. The van der Waals surface area contributed by atoms with E-state index in [-0.39, 0.29) is 23.8 Å². The molecule has 4 rings (SSSR count). The predicted molar refractivity (Wildman–Crippen MR) is 170 cm³/mol. The summed E-state index contributed by atoms with van der Waals surface area (Å²) in [4.78, 5) is 29.2. The molecule has 0 saturated carbocycles. The molecule has 0 radical (unpaired) electrons. The van der Waals surface area contributed by atoms with Crippen molar-refractivity contribution in [3.05, 3.63) is 130 Å². The summed E-state index contributed by atoms with van der Waals surface area (Å²) in [7, 11) is -2.59. The Labute approximate surface area is 256 Å². The molecule has 1 N–H and O–H groups in total. The molecule has 0 fully saturated rings. The van der Waals surface area contributed by atoms with Gasteiger partial charge in [0.25, 0.3) is 10.0 Å². The van der Waals surface area contributed by atoms with Crippen LogP contribution in [-0.2, 0) is 32.6 Å². The van der Waals surface area contributed by atoms with E-state index in [1.54, 1.807) is 30.3 Å². The fourth-order valence-electron chi connectivity index (χ4n) is 4.64. The van der Waals surface area contributed by atoms with Gasteiger partial charge in [0, 0.05) is 24.5 Å². The van der Waals surface area contributed by atoms with Crippen LogP contribution in [0, 0.1) is 13.8 Å². The maximum absolute atomic E-state index is 14.3. The van der Waals surface area contributed by atoms with Crippen molar-refractivity contribution in [2.45, 2.75) is 37.8 Å². The molecule has 0 aromatic heterocycles. The molecular weight excluding hydrogens is 614 g/mol. The van der Waals surface area contributed by atoms with Gasteiger partial charge >= 0.3 is 0 Å². The van der Waals surface area contributed by atoms with Gasteiger partial charge in [0.15, 0.2) is 0 Å². The van der Waals surface area contributed by atoms with Crippen molar-refractivity contribution < 1.29 is 18.0 Å². The molecule has 9 heteroatoms. The van der Waals surface area contributed by atoms with Crippen molar-refractivity contribution in [1.29, 1.82) is 0 Å². The number of nitrogens with one attached hydrogen (secondary N) is 1. The summed E-state index contributed by atoms with van der Waals surface area (Å²) in [6, 6.07) is 29.4. The van der Waals surface area contributed by atoms with Gasteiger partial charge in [0.2, 0.25) is 11.8 Å². The molecule has 7 nitrogen and oxygen atoms in total. The third-order valence-corrected chi connectivity index (χ3v) is 9.49. The van der Waals surface area contributed by atoms with E-state index in [4.69, 9.17) is 0 Å². The van der Waals surface area contributed by atoms with Crippen molar-refractivity contribution in [1.82, 2.24) is 10.2 Å². The average molecular weight is 649 g/mol. The van der Waals surface area contributed by atoms with Crippen LogP contribution in [0.3, 0.4) is 0 Å². The second kappa shape index (κ2) is 13.8. The third-order valence-electron chi connectivity index (χ3n) is 7.17. The van der Waals surface area contributed by atoms with Gasteiger partial charge < -0.3 is 10.2 Å². The van der Waals surface area contributed by atoms with Gasteiger partial charge in [-0.1, -0.05) is 82.7 Å². The summed E-state index contributed by atoms with van der Waals surface area (Å²) < 4.78 is 30.0. The number of hydrogen-bond donors (Lipinski definition) is 1. The van der Waals surface area contributed by atoms with Crippen LogP contribution in [0.2, 0.25) is 0 Å². The van der Waals surface area contributed by atoms with Crippen LogP contribution in [-0.4, -0.2) is 44.8 Å². The zero-order valence-electron chi connectivity index (χ0n) is 23.8. The van der Waals surface area contributed by atoms with Crippen LogP contribution < -0.4 is 9.62 Å². The second-order valence-electron chi connectivity index (χ2n) is 10.1. The molecule has 218 valence electrons.